The van der Waals surface area contributed by atoms with Crippen molar-refractivity contribution < 1.29 is 12.8 Å². The van der Waals surface area contributed by atoms with Crippen LogP contribution in [0.15, 0.2) is 40.9 Å². The Bertz CT molecular complexity index is 762. The van der Waals surface area contributed by atoms with E-state index in [0.717, 1.165) is 11.3 Å². The van der Waals surface area contributed by atoms with Gasteiger partial charge >= 0.3 is 0 Å². The van der Waals surface area contributed by atoms with Crippen molar-refractivity contribution in [3.63, 3.8) is 0 Å². The van der Waals surface area contributed by atoms with E-state index in [1.807, 2.05) is 12.1 Å². The van der Waals surface area contributed by atoms with Gasteiger partial charge < -0.3 is 4.43 Å². The topological polar surface area (TPSA) is 46.6 Å². The molecule has 126 valence electrons. The van der Waals surface area contributed by atoms with Crippen LogP contribution in [0.1, 0.15) is 32.3 Å². The van der Waals surface area contributed by atoms with Crippen molar-refractivity contribution in [1.29, 1.82) is 0 Å². The van der Waals surface area contributed by atoms with Crippen LogP contribution < -0.4 is 0 Å². The number of sulfonamides is 1. The summed E-state index contributed by atoms with van der Waals surface area (Å²) < 4.78 is 33.4. The summed E-state index contributed by atoms with van der Waals surface area (Å²) in [5, 5.41) is 0.110. The second-order valence-corrected chi connectivity index (χ2v) is 14.5. The minimum Gasteiger partial charge on any atom is -0.411 e. The van der Waals surface area contributed by atoms with E-state index in [-0.39, 0.29) is 11.0 Å². The second kappa shape index (κ2) is 5.19. The average Bonchev–Trinajstić information content (AvgIpc) is 2.85. The molecule has 23 heavy (non-hydrogen) atoms. The smallest absolute Gasteiger partial charge is 0.264 e. The Morgan fingerprint density at radius 2 is 1.91 bits per heavy atom. The third-order valence-corrected chi connectivity index (χ3v) is 11.7. The SMILES string of the molecule is CC(C)(C)[Si](C)(C)OCC1=C[C@@H]2CN1S(=O)(=O)c1ccccc12. The number of fused-ring (bicyclic) bond motifs is 4. The summed E-state index contributed by atoms with van der Waals surface area (Å²) in [5.74, 6) is 0.146. The first-order valence-corrected chi connectivity index (χ1v) is 12.4. The maximum atomic E-state index is 12.8. The summed E-state index contributed by atoms with van der Waals surface area (Å²) in [4.78, 5) is 0.440. The Kier molecular flexibility index (Phi) is 3.78. The van der Waals surface area contributed by atoms with E-state index >= 15 is 0 Å². The molecule has 0 aliphatic carbocycles. The molecule has 0 fully saturated rings. The van der Waals surface area contributed by atoms with Gasteiger partial charge in [-0.15, -0.1) is 0 Å². The van der Waals surface area contributed by atoms with Gasteiger partial charge in [-0.3, -0.25) is 4.31 Å². The van der Waals surface area contributed by atoms with E-state index in [2.05, 4.69) is 39.9 Å². The number of benzene rings is 1. The molecule has 2 bridgehead atoms. The molecule has 0 radical (unpaired) electrons. The predicted octanol–water partition coefficient (Wildman–Crippen LogP) is 3.69. The Balaban J connectivity index is 1.88. The predicted molar refractivity (Wildman–Crippen MR) is 94.3 cm³/mol. The van der Waals surface area contributed by atoms with Gasteiger partial charge in [0.25, 0.3) is 10.0 Å². The van der Waals surface area contributed by atoms with Gasteiger partial charge in [-0.2, -0.15) is 0 Å². The van der Waals surface area contributed by atoms with Crippen molar-refractivity contribution >= 4 is 18.3 Å². The fraction of sp³-hybridized carbons (Fsp3) is 0.529. The number of nitrogens with zero attached hydrogens (tertiary/aromatic N) is 1. The first-order chi connectivity index (χ1) is 10.5. The molecule has 3 rings (SSSR count). The molecule has 6 heteroatoms. The Morgan fingerprint density at radius 1 is 1.26 bits per heavy atom. The van der Waals surface area contributed by atoms with E-state index in [1.165, 1.54) is 4.31 Å². The summed E-state index contributed by atoms with van der Waals surface area (Å²) in [6.45, 7) is 11.8. The average molecular weight is 352 g/mol. The van der Waals surface area contributed by atoms with Crippen molar-refractivity contribution in [1.82, 2.24) is 4.31 Å². The highest BCUT2D eigenvalue weighted by molar-refractivity contribution is 7.89. The van der Waals surface area contributed by atoms with Crippen LogP contribution in [0.5, 0.6) is 0 Å². The molecule has 0 aromatic heterocycles. The molecule has 0 unspecified atom stereocenters. The van der Waals surface area contributed by atoms with Crippen LogP contribution in [-0.4, -0.2) is 34.2 Å². The summed E-state index contributed by atoms with van der Waals surface area (Å²) in [6, 6.07) is 7.31. The van der Waals surface area contributed by atoms with E-state index in [4.69, 9.17) is 4.43 Å². The third-order valence-electron chi connectivity index (χ3n) is 5.35. The monoisotopic (exact) mass is 351 g/mol. The zero-order valence-corrected chi connectivity index (χ0v) is 16.3. The molecule has 1 aromatic rings. The molecular weight excluding hydrogens is 326 g/mol. The summed E-state index contributed by atoms with van der Waals surface area (Å²) >= 11 is 0. The van der Waals surface area contributed by atoms with Crippen LogP contribution in [0, 0.1) is 0 Å². The van der Waals surface area contributed by atoms with Crippen molar-refractivity contribution in [2.24, 2.45) is 0 Å². The van der Waals surface area contributed by atoms with Crippen molar-refractivity contribution in [3.05, 3.63) is 41.6 Å². The highest BCUT2D eigenvalue weighted by atomic mass is 32.2. The Hall–Kier alpha value is -1.11. The molecule has 0 amide bonds. The highest BCUT2D eigenvalue weighted by Crippen LogP contribution is 2.43. The lowest BCUT2D eigenvalue weighted by atomic mass is 10.0. The minimum absolute atomic E-state index is 0.110. The molecule has 2 aliphatic rings. The van der Waals surface area contributed by atoms with Crippen molar-refractivity contribution in [2.75, 3.05) is 13.2 Å². The molecule has 2 heterocycles. The molecule has 0 spiro atoms. The largest absolute Gasteiger partial charge is 0.411 e. The maximum Gasteiger partial charge on any atom is 0.264 e. The Labute approximate surface area is 140 Å². The third kappa shape index (κ3) is 2.66. The quantitative estimate of drug-likeness (QED) is 0.780. The van der Waals surface area contributed by atoms with Gasteiger partial charge in [0.15, 0.2) is 8.32 Å². The fourth-order valence-corrected chi connectivity index (χ4v) is 5.56. The van der Waals surface area contributed by atoms with E-state index in [1.54, 1.807) is 12.1 Å². The second-order valence-electron chi connectivity index (χ2n) is 7.89. The maximum absolute atomic E-state index is 12.8. The van der Waals surface area contributed by atoms with Gasteiger partial charge in [-0.1, -0.05) is 45.0 Å². The molecule has 0 N–H and O–H groups in total. The van der Waals surface area contributed by atoms with Gasteiger partial charge in [-0.25, -0.2) is 8.42 Å². The number of hydrogen-bond donors (Lipinski definition) is 0. The fourth-order valence-electron chi connectivity index (χ4n) is 2.84. The number of hydrogen-bond acceptors (Lipinski definition) is 3. The first-order valence-electron chi connectivity index (χ1n) is 8.00. The van der Waals surface area contributed by atoms with Crippen molar-refractivity contribution in [2.45, 2.75) is 49.7 Å². The van der Waals surface area contributed by atoms with Crippen molar-refractivity contribution in [3.8, 4) is 0 Å². The first kappa shape index (κ1) is 16.7. The molecule has 1 atom stereocenters. The molecule has 4 nitrogen and oxygen atoms in total. The summed E-state index contributed by atoms with van der Waals surface area (Å²) in [5.41, 5.74) is 1.70. The van der Waals surface area contributed by atoms with Crippen LogP contribution >= 0.6 is 0 Å². The van der Waals surface area contributed by atoms with Crippen LogP contribution in [0.3, 0.4) is 0 Å². The van der Waals surface area contributed by atoms with Gasteiger partial charge in [0.05, 0.1) is 17.2 Å². The van der Waals surface area contributed by atoms with E-state index in [0.29, 0.717) is 18.0 Å². The standard InChI is InChI=1S/C17H25NO3SSi/c1-17(2,3)23(4,5)21-12-14-10-13-11-18(14)22(19,20)16-9-7-6-8-15(13)16/h6-10,13H,11-12H2,1-5H3/t13-/m1/s1. The molecule has 0 saturated heterocycles. The normalized spacial score (nSPS) is 22.7. The zero-order valence-electron chi connectivity index (χ0n) is 14.5. The van der Waals surface area contributed by atoms with E-state index < -0.39 is 18.3 Å². The lowest BCUT2D eigenvalue weighted by Crippen LogP contribution is -2.42. The molecule has 0 saturated carbocycles. The van der Waals surface area contributed by atoms with Crippen LogP contribution in [0.25, 0.3) is 0 Å². The summed E-state index contributed by atoms with van der Waals surface area (Å²) in [7, 11) is -5.35. The van der Waals surface area contributed by atoms with Gasteiger partial charge in [0.1, 0.15) is 0 Å². The zero-order chi connectivity index (χ0) is 17.0. The lowest BCUT2D eigenvalue weighted by Gasteiger charge is -2.37. The van der Waals surface area contributed by atoms with Crippen LogP contribution in [-0.2, 0) is 14.4 Å². The van der Waals surface area contributed by atoms with Crippen LogP contribution in [0.4, 0.5) is 0 Å². The van der Waals surface area contributed by atoms with Crippen LogP contribution in [0.2, 0.25) is 18.1 Å². The highest BCUT2D eigenvalue weighted by Gasteiger charge is 2.43. The lowest BCUT2D eigenvalue weighted by molar-refractivity contribution is 0.295. The Morgan fingerprint density at radius 3 is 2.57 bits per heavy atom. The van der Waals surface area contributed by atoms with Gasteiger partial charge in [0, 0.05) is 12.5 Å². The van der Waals surface area contributed by atoms with Gasteiger partial charge in [0.2, 0.25) is 0 Å². The van der Waals surface area contributed by atoms with E-state index in [9.17, 15) is 8.42 Å². The number of rotatable bonds is 3. The molecular formula is C17H25NO3SSi. The molecule has 2 aliphatic heterocycles. The minimum atomic E-state index is -3.44. The van der Waals surface area contributed by atoms with Gasteiger partial charge in [-0.05, 0) is 29.8 Å². The summed E-state index contributed by atoms with van der Waals surface area (Å²) in [6.07, 6.45) is 2.07. The molecule has 1 aromatic carbocycles.